The largest absolute Gasteiger partial charge is 0.396 e. The van der Waals surface area contributed by atoms with Crippen molar-refractivity contribution < 1.29 is 15.3 Å². The van der Waals surface area contributed by atoms with Crippen molar-refractivity contribution in [3.8, 4) is 0 Å². The number of hydrogen-bond donors (Lipinski definition) is 5. The molecule has 1 aliphatic rings. The van der Waals surface area contributed by atoms with Crippen LogP contribution in [-0.2, 0) is 0 Å². The maximum atomic E-state index is 11.7. The van der Waals surface area contributed by atoms with Gasteiger partial charge in [0.05, 0.1) is 18.5 Å². The number of aliphatic hydroxyl groups is 3. The Bertz CT molecular complexity index is 696. The Morgan fingerprint density at radius 3 is 2.85 bits per heavy atom. The molecule has 0 bridgehead atoms. The molecule has 4 atom stereocenters. The molecule has 2 aromatic heterocycles. The first-order chi connectivity index (χ1) is 9.52. The summed E-state index contributed by atoms with van der Waals surface area (Å²) in [6.07, 6.45) is -0.348. The summed E-state index contributed by atoms with van der Waals surface area (Å²) in [5.41, 5.74) is 5.42. The molecule has 9 heteroatoms. The number of nitrogens with zero attached hydrogens (tertiary/aromatic N) is 3. The molecule has 9 nitrogen and oxygen atoms in total. The van der Waals surface area contributed by atoms with E-state index in [1.54, 1.807) is 0 Å². The number of H-pyrrole nitrogens is 1. The van der Waals surface area contributed by atoms with E-state index in [-0.39, 0.29) is 23.7 Å². The third-order valence-electron chi connectivity index (χ3n) is 3.81. The molecule has 1 saturated carbocycles. The number of aliphatic hydroxyl groups excluding tert-OH is 3. The van der Waals surface area contributed by atoms with Crippen LogP contribution in [0.2, 0.25) is 0 Å². The van der Waals surface area contributed by atoms with Crippen molar-refractivity contribution in [3.63, 3.8) is 0 Å². The summed E-state index contributed by atoms with van der Waals surface area (Å²) in [6, 6.07) is -0.513. The minimum Gasteiger partial charge on any atom is -0.396 e. The lowest BCUT2D eigenvalue weighted by atomic mass is 10.1. The summed E-state index contributed by atoms with van der Waals surface area (Å²) in [5, 5.41) is 29.1. The number of aromatic nitrogens is 4. The second kappa shape index (κ2) is 4.54. The van der Waals surface area contributed by atoms with Gasteiger partial charge in [-0.1, -0.05) is 0 Å². The Balaban J connectivity index is 2.09. The van der Waals surface area contributed by atoms with Crippen molar-refractivity contribution >= 4 is 17.1 Å². The highest BCUT2D eigenvalue weighted by Gasteiger charge is 2.42. The summed E-state index contributed by atoms with van der Waals surface area (Å²) >= 11 is 0. The van der Waals surface area contributed by atoms with Gasteiger partial charge in [0.1, 0.15) is 6.10 Å². The van der Waals surface area contributed by atoms with E-state index < -0.39 is 29.7 Å². The van der Waals surface area contributed by atoms with Crippen molar-refractivity contribution in [3.05, 3.63) is 16.7 Å². The molecule has 3 rings (SSSR count). The second-order valence-electron chi connectivity index (χ2n) is 5.00. The van der Waals surface area contributed by atoms with Gasteiger partial charge < -0.3 is 25.6 Å². The molecule has 1 aliphatic carbocycles. The lowest BCUT2D eigenvalue weighted by Gasteiger charge is -2.18. The highest BCUT2D eigenvalue weighted by molar-refractivity contribution is 5.70. The quantitative estimate of drug-likeness (QED) is 0.426. The fraction of sp³-hybridized carbons (Fsp3) is 0.545. The number of rotatable bonds is 2. The number of hydrogen-bond acceptors (Lipinski definition) is 7. The maximum absolute atomic E-state index is 11.7. The van der Waals surface area contributed by atoms with Gasteiger partial charge in [-0.2, -0.15) is 4.98 Å². The van der Waals surface area contributed by atoms with Gasteiger partial charge in [-0.3, -0.25) is 9.78 Å². The van der Waals surface area contributed by atoms with Crippen LogP contribution in [0.25, 0.3) is 11.2 Å². The topological polar surface area (TPSA) is 150 Å². The molecule has 0 radical (unpaired) electrons. The first-order valence-corrected chi connectivity index (χ1v) is 6.22. The van der Waals surface area contributed by atoms with Crippen molar-refractivity contribution in [1.29, 1.82) is 0 Å². The smallest absolute Gasteiger partial charge is 0.280 e. The van der Waals surface area contributed by atoms with E-state index in [0.29, 0.717) is 6.42 Å². The fourth-order valence-electron chi connectivity index (χ4n) is 2.74. The van der Waals surface area contributed by atoms with Gasteiger partial charge in [0, 0.05) is 12.5 Å². The van der Waals surface area contributed by atoms with Gasteiger partial charge in [-0.25, -0.2) is 4.98 Å². The normalized spacial score (nSPS) is 30.1. The van der Waals surface area contributed by atoms with Crippen LogP contribution in [0.15, 0.2) is 11.1 Å². The highest BCUT2D eigenvalue weighted by atomic mass is 16.3. The summed E-state index contributed by atoms with van der Waals surface area (Å²) in [7, 11) is 0. The number of nitrogens with one attached hydrogen (secondary N) is 1. The minimum atomic E-state index is -1.06. The standard InChI is InChI=1S/C11H15N5O4/c12-11-14-9-6(10(20)15-11)13-3-16(9)5-1-4(2-17)7(18)8(5)19/h3-5,7-8,17-19H,1-2H2,(H3,12,14,15,20)/t4-,5-,7-,8+/m0/s1. The highest BCUT2D eigenvalue weighted by Crippen LogP contribution is 2.36. The van der Waals surface area contributed by atoms with E-state index >= 15 is 0 Å². The van der Waals surface area contributed by atoms with Crippen molar-refractivity contribution in [2.45, 2.75) is 24.7 Å². The molecule has 108 valence electrons. The van der Waals surface area contributed by atoms with Crippen LogP contribution in [0.3, 0.4) is 0 Å². The molecule has 0 amide bonds. The van der Waals surface area contributed by atoms with E-state index in [2.05, 4.69) is 15.0 Å². The molecule has 0 unspecified atom stereocenters. The second-order valence-corrected chi connectivity index (χ2v) is 5.00. The number of aromatic amines is 1. The summed E-state index contributed by atoms with van der Waals surface area (Å²) < 4.78 is 1.52. The van der Waals surface area contributed by atoms with Crippen LogP contribution in [0.5, 0.6) is 0 Å². The molecular weight excluding hydrogens is 266 g/mol. The molecule has 2 aromatic rings. The number of nitrogen functional groups attached to an aromatic ring is 1. The lowest BCUT2D eigenvalue weighted by molar-refractivity contribution is -0.00370. The monoisotopic (exact) mass is 281 g/mol. The lowest BCUT2D eigenvalue weighted by Crippen LogP contribution is -2.30. The Kier molecular flexibility index (Phi) is 2.96. The number of imidazole rings is 1. The summed E-state index contributed by atoms with van der Waals surface area (Å²) in [5.74, 6) is -0.470. The van der Waals surface area contributed by atoms with Crippen LogP contribution in [0.4, 0.5) is 5.95 Å². The number of nitrogens with two attached hydrogens (primary N) is 1. The van der Waals surface area contributed by atoms with E-state index in [9.17, 15) is 20.1 Å². The third-order valence-corrected chi connectivity index (χ3v) is 3.81. The van der Waals surface area contributed by atoms with Gasteiger partial charge in [0.25, 0.3) is 5.56 Å². The van der Waals surface area contributed by atoms with E-state index in [1.165, 1.54) is 10.9 Å². The summed E-state index contributed by atoms with van der Waals surface area (Å²) in [6.45, 7) is -0.225. The molecule has 0 spiro atoms. The van der Waals surface area contributed by atoms with Crippen molar-refractivity contribution in [1.82, 2.24) is 19.5 Å². The average Bonchev–Trinajstić information content (AvgIpc) is 2.93. The van der Waals surface area contributed by atoms with Crippen LogP contribution >= 0.6 is 0 Å². The van der Waals surface area contributed by atoms with E-state index in [4.69, 9.17) is 5.73 Å². The Morgan fingerprint density at radius 1 is 1.45 bits per heavy atom. The van der Waals surface area contributed by atoms with Crippen LogP contribution in [0, 0.1) is 5.92 Å². The number of fused-ring (bicyclic) bond motifs is 1. The predicted octanol–water partition coefficient (Wildman–Crippen LogP) is -2.02. The Labute approximate surface area is 112 Å². The molecule has 6 N–H and O–H groups in total. The van der Waals surface area contributed by atoms with Crippen molar-refractivity contribution in [2.24, 2.45) is 5.92 Å². The zero-order valence-corrected chi connectivity index (χ0v) is 10.5. The predicted molar refractivity (Wildman–Crippen MR) is 68.8 cm³/mol. The Morgan fingerprint density at radius 2 is 2.20 bits per heavy atom. The van der Waals surface area contributed by atoms with Crippen LogP contribution in [0.1, 0.15) is 12.5 Å². The van der Waals surface area contributed by atoms with Gasteiger partial charge >= 0.3 is 0 Å². The van der Waals surface area contributed by atoms with Gasteiger partial charge in [-0.05, 0) is 6.42 Å². The molecule has 0 aromatic carbocycles. The molecule has 2 heterocycles. The molecule has 20 heavy (non-hydrogen) atoms. The minimum absolute atomic E-state index is 0.0454. The average molecular weight is 281 g/mol. The van der Waals surface area contributed by atoms with Crippen LogP contribution in [-0.4, -0.2) is 53.7 Å². The Hall–Kier alpha value is -1.97. The molecule has 0 saturated heterocycles. The van der Waals surface area contributed by atoms with E-state index in [0.717, 1.165) is 0 Å². The SMILES string of the molecule is Nc1nc2c(ncn2[C@H]2C[C@@H](CO)[C@H](O)[C@@H]2O)c(=O)[nH]1. The molecule has 0 aliphatic heterocycles. The van der Waals surface area contributed by atoms with Gasteiger partial charge in [0.2, 0.25) is 5.95 Å². The van der Waals surface area contributed by atoms with Gasteiger partial charge in [0.15, 0.2) is 11.2 Å². The third kappa shape index (κ3) is 1.79. The maximum Gasteiger partial charge on any atom is 0.280 e. The van der Waals surface area contributed by atoms with Crippen LogP contribution < -0.4 is 11.3 Å². The first kappa shape index (κ1) is 13.0. The summed E-state index contributed by atoms with van der Waals surface area (Å²) in [4.78, 5) is 22.0. The zero-order chi connectivity index (χ0) is 14.4. The fourth-order valence-corrected chi connectivity index (χ4v) is 2.74. The molecular formula is C11H15N5O4. The number of anilines is 1. The first-order valence-electron chi connectivity index (χ1n) is 6.22. The van der Waals surface area contributed by atoms with E-state index in [1.807, 2.05) is 0 Å². The van der Waals surface area contributed by atoms with Gasteiger partial charge in [-0.15, -0.1) is 0 Å². The zero-order valence-electron chi connectivity index (χ0n) is 10.5. The molecule has 1 fully saturated rings. The van der Waals surface area contributed by atoms with Crippen molar-refractivity contribution in [2.75, 3.05) is 12.3 Å².